The van der Waals surface area contributed by atoms with Gasteiger partial charge in [0, 0.05) is 5.46 Å². The molecule has 0 atom stereocenters. The van der Waals surface area contributed by atoms with Crippen molar-refractivity contribution >= 4 is 12.6 Å². The molecular weight excluding hydrogens is 278 g/mol. The predicted molar refractivity (Wildman–Crippen MR) is 87.1 cm³/mol. The zero-order valence-electron chi connectivity index (χ0n) is 11.8. The number of hydrogen-bond acceptors (Lipinski definition) is 2. The second kappa shape index (κ2) is 6.14. The van der Waals surface area contributed by atoms with Crippen molar-refractivity contribution in [2.24, 2.45) is 0 Å². The SMILES string of the molecule is OB(O)c1c(F)cc(-c2ccccc2)cc1-c1ccccc1. The van der Waals surface area contributed by atoms with E-state index < -0.39 is 12.9 Å². The lowest BCUT2D eigenvalue weighted by molar-refractivity contribution is 0.423. The summed E-state index contributed by atoms with van der Waals surface area (Å²) in [6.07, 6.45) is 0. The maximum atomic E-state index is 14.4. The van der Waals surface area contributed by atoms with Crippen LogP contribution in [0.5, 0.6) is 0 Å². The molecule has 108 valence electrons. The summed E-state index contributed by atoms with van der Waals surface area (Å²) >= 11 is 0. The highest BCUT2D eigenvalue weighted by molar-refractivity contribution is 6.60. The van der Waals surface area contributed by atoms with E-state index in [1.165, 1.54) is 6.07 Å². The Morgan fingerprint density at radius 3 is 1.77 bits per heavy atom. The molecule has 0 saturated carbocycles. The van der Waals surface area contributed by atoms with E-state index in [1.807, 2.05) is 60.7 Å². The molecule has 0 aromatic heterocycles. The molecule has 3 aromatic rings. The van der Waals surface area contributed by atoms with Crippen LogP contribution in [0.1, 0.15) is 0 Å². The summed E-state index contributed by atoms with van der Waals surface area (Å²) in [5.74, 6) is -0.629. The van der Waals surface area contributed by atoms with Crippen LogP contribution in [0.4, 0.5) is 4.39 Å². The van der Waals surface area contributed by atoms with Crippen LogP contribution in [0.25, 0.3) is 22.3 Å². The topological polar surface area (TPSA) is 40.5 Å². The summed E-state index contributed by atoms with van der Waals surface area (Å²) in [5.41, 5.74) is 2.68. The van der Waals surface area contributed by atoms with Gasteiger partial charge in [-0.25, -0.2) is 4.39 Å². The first kappa shape index (κ1) is 14.5. The van der Waals surface area contributed by atoms with Crippen molar-refractivity contribution in [1.82, 2.24) is 0 Å². The molecule has 0 unspecified atom stereocenters. The largest absolute Gasteiger partial charge is 0.492 e. The number of hydrogen-bond donors (Lipinski definition) is 2. The fraction of sp³-hybridized carbons (Fsp3) is 0. The Kier molecular flexibility index (Phi) is 4.05. The van der Waals surface area contributed by atoms with E-state index in [0.717, 1.165) is 11.1 Å². The molecule has 2 N–H and O–H groups in total. The second-order valence-electron chi connectivity index (χ2n) is 5.03. The van der Waals surface area contributed by atoms with Gasteiger partial charge in [0.2, 0.25) is 0 Å². The smallest absolute Gasteiger partial charge is 0.423 e. The molecule has 0 saturated heterocycles. The zero-order chi connectivity index (χ0) is 15.5. The van der Waals surface area contributed by atoms with E-state index >= 15 is 0 Å². The number of halogens is 1. The molecule has 2 nitrogen and oxygen atoms in total. The predicted octanol–water partition coefficient (Wildman–Crippen LogP) is 2.84. The quantitative estimate of drug-likeness (QED) is 0.729. The van der Waals surface area contributed by atoms with Crippen LogP contribution in [0.3, 0.4) is 0 Å². The maximum absolute atomic E-state index is 14.4. The van der Waals surface area contributed by atoms with Gasteiger partial charge in [0.1, 0.15) is 5.82 Å². The van der Waals surface area contributed by atoms with E-state index in [2.05, 4.69) is 0 Å². The lowest BCUT2D eigenvalue weighted by Crippen LogP contribution is -2.34. The van der Waals surface area contributed by atoms with Gasteiger partial charge >= 0.3 is 7.12 Å². The maximum Gasteiger partial charge on any atom is 0.492 e. The Morgan fingerprint density at radius 1 is 0.682 bits per heavy atom. The molecular formula is C18H14BFO2. The minimum Gasteiger partial charge on any atom is -0.423 e. The van der Waals surface area contributed by atoms with Crippen molar-refractivity contribution in [3.63, 3.8) is 0 Å². The van der Waals surface area contributed by atoms with Crippen LogP contribution in [0, 0.1) is 5.82 Å². The Morgan fingerprint density at radius 2 is 1.23 bits per heavy atom. The second-order valence-corrected chi connectivity index (χ2v) is 5.03. The normalized spacial score (nSPS) is 10.5. The van der Waals surface area contributed by atoms with E-state index in [-0.39, 0.29) is 5.46 Å². The molecule has 0 spiro atoms. The van der Waals surface area contributed by atoms with Crippen molar-refractivity contribution in [2.45, 2.75) is 0 Å². The standard InChI is InChI=1S/C18H14BFO2/c20-17-12-15(13-7-3-1-4-8-13)11-16(18(17)19(21)22)14-9-5-2-6-10-14/h1-12,21-22H. The summed E-state index contributed by atoms with van der Waals surface area (Å²) < 4.78 is 14.4. The molecule has 0 heterocycles. The van der Waals surface area contributed by atoms with Gasteiger partial charge in [0.25, 0.3) is 0 Å². The van der Waals surface area contributed by atoms with Gasteiger partial charge in [-0.05, 0) is 34.4 Å². The van der Waals surface area contributed by atoms with Crippen molar-refractivity contribution in [3.8, 4) is 22.3 Å². The summed E-state index contributed by atoms with van der Waals surface area (Å²) in [7, 11) is -1.86. The first-order valence-corrected chi connectivity index (χ1v) is 6.97. The Bertz CT molecular complexity index is 774. The molecule has 0 amide bonds. The molecule has 0 aliphatic rings. The fourth-order valence-electron chi connectivity index (χ4n) is 2.53. The van der Waals surface area contributed by atoms with Gasteiger partial charge in [0.15, 0.2) is 0 Å². The van der Waals surface area contributed by atoms with Gasteiger partial charge in [-0.3, -0.25) is 0 Å². The average molecular weight is 292 g/mol. The molecule has 0 bridgehead atoms. The van der Waals surface area contributed by atoms with Crippen LogP contribution < -0.4 is 5.46 Å². The van der Waals surface area contributed by atoms with Crippen LogP contribution >= 0.6 is 0 Å². The van der Waals surface area contributed by atoms with Crippen LogP contribution in [-0.4, -0.2) is 17.2 Å². The average Bonchev–Trinajstić information content (AvgIpc) is 2.55. The molecule has 4 heteroatoms. The van der Waals surface area contributed by atoms with Crippen molar-refractivity contribution in [1.29, 1.82) is 0 Å². The Labute approximate surface area is 128 Å². The molecule has 0 radical (unpaired) electrons. The highest BCUT2D eigenvalue weighted by Gasteiger charge is 2.23. The number of rotatable bonds is 3. The lowest BCUT2D eigenvalue weighted by atomic mass is 9.74. The third-order valence-corrected chi connectivity index (χ3v) is 3.58. The van der Waals surface area contributed by atoms with Gasteiger partial charge in [-0.2, -0.15) is 0 Å². The third kappa shape index (κ3) is 2.79. The van der Waals surface area contributed by atoms with Gasteiger partial charge in [-0.1, -0.05) is 60.7 Å². The monoisotopic (exact) mass is 292 g/mol. The molecule has 3 aromatic carbocycles. The van der Waals surface area contributed by atoms with Crippen molar-refractivity contribution < 1.29 is 14.4 Å². The first-order chi connectivity index (χ1) is 10.7. The van der Waals surface area contributed by atoms with Gasteiger partial charge in [0.05, 0.1) is 0 Å². The summed E-state index contributed by atoms with van der Waals surface area (Å²) in [6, 6.07) is 21.7. The number of benzene rings is 3. The molecule has 0 aliphatic heterocycles. The zero-order valence-corrected chi connectivity index (χ0v) is 11.8. The summed E-state index contributed by atoms with van der Waals surface area (Å²) in [4.78, 5) is 0. The van der Waals surface area contributed by atoms with Crippen molar-refractivity contribution in [2.75, 3.05) is 0 Å². The van der Waals surface area contributed by atoms with Crippen LogP contribution in [0.2, 0.25) is 0 Å². The first-order valence-electron chi connectivity index (χ1n) is 6.97. The van der Waals surface area contributed by atoms with Gasteiger partial charge in [-0.15, -0.1) is 0 Å². The van der Waals surface area contributed by atoms with Crippen LogP contribution in [-0.2, 0) is 0 Å². The van der Waals surface area contributed by atoms with E-state index in [9.17, 15) is 14.4 Å². The van der Waals surface area contributed by atoms with Crippen LogP contribution in [0.15, 0.2) is 72.8 Å². The van der Waals surface area contributed by atoms with E-state index in [1.54, 1.807) is 6.07 Å². The molecule has 3 rings (SSSR count). The third-order valence-electron chi connectivity index (χ3n) is 3.58. The highest BCUT2D eigenvalue weighted by atomic mass is 19.1. The van der Waals surface area contributed by atoms with Gasteiger partial charge < -0.3 is 10.0 Å². The minimum absolute atomic E-state index is 0.106. The Balaban J connectivity index is 2.24. The molecule has 0 aliphatic carbocycles. The fourth-order valence-corrected chi connectivity index (χ4v) is 2.53. The van der Waals surface area contributed by atoms with E-state index in [0.29, 0.717) is 11.1 Å². The van der Waals surface area contributed by atoms with E-state index in [4.69, 9.17) is 0 Å². The minimum atomic E-state index is -1.86. The Hall–Kier alpha value is -2.43. The lowest BCUT2D eigenvalue weighted by Gasteiger charge is -2.13. The highest BCUT2D eigenvalue weighted by Crippen LogP contribution is 2.26. The molecule has 22 heavy (non-hydrogen) atoms. The summed E-state index contributed by atoms with van der Waals surface area (Å²) in [5, 5.41) is 19.0. The molecule has 0 fully saturated rings. The summed E-state index contributed by atoms with van der Waals surface area (Å²) in [6.45, 7) is 0. The van der Waals surface area contributed by atoms with Crippen molar-refractivity contribution in [3.05, 3.63) is 78.6 Å².